The first kappa shape index (κ1) is 10.3. The molecule has 0 unspecified atom stereocenters. The third-order valence-electron chi connectivity index (χ3n) is 2.23. The zero-order valence-corrected chi connectivity index (χ0v) is 8.75. The molecule has 0 aliphatic rings. The van der Waals surface area contributed by atoms with Crippen molar-refractivity contribution in [3.8, 4) is 16.9 Å². The number of nitrogens with zero attached hydrogens (tertiary/aromatic N) is 2. The van der Waals surface area contributed by atoms with Crippen LogP contribution in [0.1, 0.15) is 10.4 Å². The van der Waals surface area contributed by atoms with Crippen molar-refractivity contribution in [3.63, 3.8) is 0 Å². The van der Waals surface area contributed by atoms with E-state index < -0.39 is 0 Å². The smallest absolute Gasteiger partial charge is 0.150 e. The number of benzene rings is 1. The highest BCUT2D eigenvalue weighted by molar-refractivity contribution is 5.81. The molecular formula is C12H10N2O2. The van der Waals surface area contributed by atoms with E-state index in [1.807, 2.05) is 0 Å². The van der Waals surface area contributed by atoms with E-state index in [0.29, 0.717) is 11.3 Å². The average Bonchev–Trinajstić information content (AvgIpc) is 2.39. The fourth-order valence-corrected chi connectivity index (χ4v) is 1.46. The van der Waals surface area contributed by atoms with Crippen LogP contribution < -0.4 is 4.74 Å². The number of ether oxygens (including phenoxy) is 1. The van der Waals surface area contributed by atoms with Gasteiger partial charge < -0.3 is 4.74 Å². The Morgan fingerprint density at radius 3 is 2.62 bits per heavy atom. The fourth-order valence-electron chi connectivity index (χ4n) is 1.46. The van der Waals surface area contributed by atoms with Crippen LogP contribution in [0.15, 0.2) is 36.9 Å². The molecule has 0 amide bonds. The SMILES string of the molecule is COc1ccc(C=O)cc1-c1cncnc1. The highest BCUT2D eigenvalue weighted by atomic mass is 16.5. The minimum atomic E-state index is 0.597. The largest absolute Gasteiger partial charge is 0.496 e. The van der Waals surface area contributed by atoms with Crippen molar-refractivity contribution in [1.82, 2.24) is 9.97 Å². The van der Waals surface area contributed by atoms with E-state index in [-0.39, 0.29) is 0 Å². The molecule has 0 aliphatic heterocycles. The van der Waals surface area contributed by atoms with Gasteiger partial charge in [-0.3, -0.25) is 4.79 Å². The summed E-state index contributed by atoms with van der Waals surface area (Å²) in [6.07, 6.45) is 5.62. The van der Waals surface area contributed by atoms with Crippen LogP contribution in [-0.4, -0.2) is 23.4 Å². The van der Waals surface area contributed by atoms with Crippen LogP contribution in [0, 0.1) is 0 Å². The maximum atomic E-state index is 10.7. The molecule has 1 heterocycles. The van der Waals surface area contributed by atoms with Gasteiger partial charge in [-0.25, -0.2) is 9.97 Å². The predicted octanol–water partition coefficient (Wildman–Crippen LogP) is 1.96. The Hall–Kier alpha value is -2.23. The Labute approximate surface area is 92.9 Å². The molecule has 4 heteroatoms. The monoisotopic (exact) mass is 214 g/mol. The zero-order chi connectivity index (χ0) is 11.4. The number of carbonyl (C=O) groups excluding carboxylic acids is 1. The van der Waals surface area contributed by atoms with E-state index in [0.717, 1.165) is 17.4 Å². The lowest BCUT2D eigenvalue weighted by molar-refractivity contribution is 0.112. The molecular weight excluding hydrogens is 204 g/mol. The molecule has 2 rings (SSSR count). The van der Waals surface area contributed by atoms with Gasteiger partial charge in [0.05, 0.1) is 7.11 Å². The first-order valence-corrected chi connectivity index (χ1v) is 4.73. The summed E-state index contributed by atoms with van der Waals surface area (Å²) < 4.78 is 5.23. The summed E-state index contributed by atoms with van der Waals surface area (Å²) in [7, 11) is 1.59. The summed E-state index contributed by atoms with van der Waals surface area (Å²) in [5, 5.41) is 0. The van der Waals surface area contributed by atoms with E-state index >= 15 is 0 Å². The molecule has 16 heavy (non-hydrogen) atoms. The van der Waals surface area contributed by atoms with Crippen molar-refractivity contribution in [2.45, 2.75) is 0 Å². The lowest BCUT2D eigenvalue weighted by Gasteiger charge is -2.08. The molecule has 0 fully saturated rings. The quantitative estimate of drug-likeness (QED) is 0.733. The van der Waals surface area contributed by atoms with Crippen LogP contribution >= 0.6 is 0 Å². The molecule has 0 atom stereocenters. The second-order valence-corrected chi connectivity index (χ2v) is 3.20. The highest BCUT2D eigenvalue weighted by Gasteiger charge is 2.07. The Bertz CT molecular complexity index is 498. The summed E-state index contributed by atoms with van der Waals surface area (Å²) in [5.41, 5.74) is 2.23. The van der Waals surface area contributed by atoms with Gasteiger partial charge in [-0.15, -0.1) is 0 Å². The van der Waals surface area contributed by atoms with Gasteiger partial charge in [0.15, 0.2) is 0 Å². The molecule has 4 nitrogen and oxygen atoms in total. The van der Waals surface area contributed by atoms with Crippen LogP contribution in [0.2, 0.25) is 0 Å². The highest BCUT2D eigenvalue weighted by Crippen LogP contribution is 2.29. The first-order valence-electron chi connectivity index (χ1n) is 4.73. The van der Waals surface area contributed by atoms with E-state index in [4.69, 9.17) is 4.74 Å². The van der Waals surface area contributed by atoms with E-state index in [1.165, 1.54) is 6.33 Å². The molecule has 1 aromatic heterocycles. The number of methoxy groups -OCH3 is 1. The van der Waals surface area contributed by atoms with Crippen LogP contribution in [0.5, 0.6) is 5.75 Å². The summed E-state index contributed by atoms with van der Waals surface area (Å²) >= 11 is 0. The van der Waals surface area contributed by atoms with Crippen molar-refractivity contribution < 1.29 is 9.53 Å². The Balaban J connectivity index is 2.57. The van der Waals surface area contributed by atoms with E-state index in [2.05, 4.69) is 9.97 Å². The molecule has 0 N–H and O–H groups in total. The Morgan fingerprint density at radius 2 is 2.00 bits per heavy atom. The van der Waals surface area contributed by atoms with Gasteiger partial charge in [0.2, 0.25) is 0 Å². The molecule has 80 valence electrons. The van der Waals surface area contributed by atoms with Gasteiger partial charge >= 0.3 is 0 Å². The lowest BCUT2D eigenvalue weighted by Crippen LogP contribution is -1.91. The second-order valence-electron chi connectivity index (χ2n) is 3.20. The lowest BCUT2D eigenvalue weighted by atomic mass is 10.1. The minimum absolute atomic E-state index is 0.597. The van der Waals surface area contributed by atoms with Crippen LogP contribution in [0.3, 0.4) is 0 Å². The van der Waals surface area contributed by atoms with Crippen molar-refractivity contribution in [3.05, 3.63) is 42.5 Å². The van der Waals surface area contributed by atoms with Gasteiger partial charge in [-0.2, -0.15) is 0 Å². The molecule has 0 saturated carbocycles. The van der Waals surface area contributed by atoms with Crippen LogP contribution in [0.4, 0.5) is 0 Å². The van der Waals surface area contributed by atoms with Gasteiger partial charge in [-0.05, 0) is 18.2 Å². The molecule has 0 bridgehead atoms. The minimum Gasteiger partial charge on any atom is -0.496 e. The average molecular weight is 214 g/mol. The Morgan fingerprint density at radius 1 is 1.25 bits per heavy atom. The summed E-state index contributed by atoms with van der Waals surface area (Å²) in [6.45, 7) is 0. The van der Waals surface area contributed by atoms with Gasteiger partial charge in [0.25, 0.3) is 0 Å². The van der Waals surface area contributed by atoms with Crippen LogP contribution in [-0.2, 0) is 0 Å². The van der Waals surface area contributed by atoms with E-state index in [9.17, 15) is 4.79 Å². The standard InChI is InChI=1S/C12H10N2O2/c1-16-12-3-2-9(7-15)4-11(12)10-5-13-8-14-6-10/h2-8H,1H3. The molecule has 2 aromatic rings. The number of carbonyl (C=O) groups is 1. The topological polar surface area (TPSA) is 52.1 Å². The second kappa shape index (κ2) is 4.53. The first-order chi connectivity index (χ1) is 7.85. The molecule has 0 radical (unpaired) electrons. The van der Waals surface area contributed by atoms with Gasteiger partial charge in [-0.1, -0.05) is 0 Å². The number of aldehydes is 1. The molecule has 0 spiro atoms. The van der Waals surface area contributed by atoms with Crippen molar-refractivity contribution in [2.24, 2.45) is 0 Å². The zero-order valence-electron chi connectivity index (χ0n) is 8.75. The fraction of sp³-hybridized carbons (Fsp3) is 0.0833. The summed E-state index contributed by atoms with van der Waals surface area (Å²) in [4.78, 5) is 18.6. The number of hydrogen-bond donors (Lipinski definition) is 0. The van der Waals surface area contributed by atoms with Gasteiger partial charge in [0.1, 0.15) is 18.4 Å². The van der Waals surface area contributed by atoms with Crippen molar-refractivity contribution >= 4 is 6.29 Å². The number of rotatable bonds is 3. The molecule has 0 aliphatic carbocycles. The van der Waals surface area contributed by atoms with Gasteiger partial charge in [0, 0.05) is 29.1 Å². The third kappa shape index (κ3) is 1.91. The summed E-state index contributed by atoms with van der Waals surface area (Å²) in [5.74, 6) is 0.695. The summed E-state index contributed by atoms with van der Waals surface area (Å²) in [6, 6.07) is 5.22. The number of aromatic nitrogens is 2. The number of hydrogen-bond acceptors (Lipinski definition) is 4. The maximum absolute atomic E-state index is 10.7. The van der Waals surface area contributed by atoms with Crippen molar-refractivity contribution in [2.75, 3.05) is 7.11 Å². The third-order valence-corrected chi connectivity index (χ3v) is 2.23. The van der Waals surface area contributed by atoms with Crippen molar-refractivity contribution in [1.29, 1.82) is 0 Å². The van der Waals surface area contributed by atoms with Crippen LogP contribution in [0.25, 0.3) is 11.1 Å². The molecule has 1 aromatic carbocycles. The van der Waals surface area contributed by atoms with E-state index in [1.54, 1.807) is 37.7 Å². The maximum Gasteiger partial charge on any atom is 0.150 e. The molecule has 0 saturated heterocycles. The Kier molecular flexibility index (Phi) is 2.91. The predicted molar refractivity (Wildman–Crippen MR) is 59.4 cm³/mol. The normalized spacial score (nSPS) is 9.81.